The summed E-state index contributed by atoms with van der Waals surface area (Å²) in [7, 11) is 0. The zero-order valence-electron chi connectivity index (χ0n) is 8.70. The summed E-state index contributed by atoms with van der Waals surface area (Å²) in [4.78, 5) is 0. The first-order chi connectivity index (χ1) is 4.99. The standard InChI is InChI=1S/C10H23N/c1-6-9(7-2)11-8-10(3,4)5/h9,11H,6-8H2,1-5H3. The Morgan fingerprint density at radius 1 is 1.09 bits per heavy atom. The number of rotatable bonds is 4. The molecule has 0 bridgehead atoms. The van der Waals surface area contributed by atoms with E-state index in [-0.39, 0.29) is 0 Å². The molecule has 0 unspecified atom stereocenters. The summed E-state index contributed by atoms with van der Waals surface area (Å²) in [5, 5.41) is 3.56. The Balaban J connectivity index is 3.51. The van der Waals surface area contributed by atoms with Crippen LogP contribution in [-0.4, -0.2) is 12.6 Å². The minimum atomic E-state index is 0.419. The Morgan fingerprint density at radius 2 is 1.55 bits per heavy atom. The van der Waals surface area contributed by atoms with Gasteiger partial charge in [0.15, 0.2) is 0 Å². The van der Waals surface area contributed by atoms with Gasteiger partial charge in [-0.15, -0.1) is 0 Å². The van der Waals surface area contributed by atoms with Crippen molar-refractivity contribution in [2.75, 3.05) is 6.54 Å². The van der Waals surface area contributed by atoms with Gasteiger partial charge in [-0.25, -0.2) is 0 Å². The van der Waals surface area contributed by atoms with E-state index in [9.17, 15) is 0 Å². The lowest BCUT2D eigenvalue weighted by molar-refractivity contribution is 0.342. The molecule has 0 amide bonds. The topological polar surface area (TPSA) is 12.0 Å². The van der Waals surface area contributed by atoms with Crippen LogP contribution in [0.4, 0.5) is 0 Å². The van der Waals surface area contributed by atoms with Crippen LogP contribution in [0.5, 0.6) is 0 Å². The van der Waals surface area contributed by atoms with Crippen molar-refractivity contribution < 1.29 is 0 Å². The van der Waals surface area contributed by atoms with Crippen molar-refractivity contribution in [1.29, 1.82) is 0 Å². The molecule has 68 valence electrons. The van der Waals surface area contributed by atoms with Gasteiger partial charge in [0.05, 0.1) is 0 Å². The molecule has 11 heavy (non-hydrogen) atoms. The molecule has 1 N–H and O–H groups in total. The quantitative estimate of drug-likeness (QED) is 0.661. The molecule has 0 heterocycles. The van der Waals surface area contributed by atoms with Crippen LogP contribution in [0.25, 0.3) is 0 Å². The molecule has 0 saturated carbocycles. The van der Waals surface area contributed by atoms with Crippen molar-refractivity contribution in [2.45, 2.75) is 53.5 Å². The van der Waals surface area contributed by atoms with E-state index in [0.717, 1.165) is 6.54 Å². The molecule has 0 aromatic heterocycles. The van der Waals surface area contributed by atoms with Crippen LogP contribution in [-0.2, 0) is 0 Å². The molecule has 1 heteroatoms. The van der Waals surface area contributed by atoms with E-state index >= 15 is 0 Å². The minimum Gasteiger partial charge on any atom is -0.313 e. The van der Waals surface area contributed by atoms with Crippen molar-refractivity contribution in [3.63, 3.8) is 0 Å². The van der Waals surface area contributed by atoms with Gasteiger partial charge in [-0.3, -0.25) is 0 Å². The third-order valence-electron chi connectivity index (χ3n) is 1.91. The lowest BCUT2D eigenvalue weighted by atomic mass is 9.96. The van der Waals surface area contributed by atoms with E-state index in [1.165, 1.54) is 12.8 Å². The molecule has 0 fully saturated rings. The number of nitrogens with one attached hydrogen (secondary N) is 1. The fourth-order valence-electron chi connectivity index (χ4n) is 1.03. The van der Waals surface area contributed by atoms with Crippen molar-refractivity contribution in [3.8, 4) is 0 Å². The van der Waals surface area contributed by atoms with Crippen molar-refractivity contribution >= 4 is 0 Å². The fourth-order valence-corrected chi connectivity index (χ4v) is 1.03. The highest BCUT2D eigenvalue weighted by molar-refractivity contribution is 4.69. The lowest BCUT2D eigenvalue weighted by Crippen LogP contribution is -2.34. The van der Waals surface area contributed by atoms with Gasteiger partial charge in [0.2, 0.25) is 0 Å². The van der Waals surface area contributed by atoms with Gasteiger partial charge in [0.25, 0.3) is 0 Å². The Kier molecular flexibility index (Phi) is 4.74. The van der Waals surface area contributed by atoms with Crippen LogP contribution >= 0.6 is 0 Å². The van der Waals surface area contributed by atoms with Gasteiger partial charge in [-0.2, -0.15) is 0 Å². The third-order valence-corrected chi connectivity index (χ3v) is 1.91. The molecule has 0 saturated heterocycles. The highest BCUT2D eigenvalue weighted by atomic mass is 14.9. The number of hydrogen-bond acceptors (Lipinski definition) is 1. The van der Waals surface area contributed by atoms with Gasteiger partial charge in [-0.05, 0) is 18.3 Å². The van der Waals surface area contributed by atoms with Gasteiger partial charge < -0.3 is 5.32 Å². The summed E-state index contributed by atoms with van der Waals surface area (Å²) in [6.07, 6.45) is 2.49. The first kappa shape index (κ1) is 11.0. The van der Waals surface area contributed by atoms with Crippen LogP contribution in [0, 0.1) is 5.41 Å². The molecule has 0 atom stereocenters. The van der Waals surface area contributed by atoms with E-state index in [1.54, 1.807) is 0 Å². The summed E-state index contributed by atoms with van der Waals surface area (Å²) in [6.45, 7) is 12.4. The molecule has 0 aromatic rings. The third kappa shape index (κ3) is 6.36. The highest BCUT2D eigenvalue weighted by Crippen LogP contribution is 2.11. The van der Waals surface area contributed by atoms with Crippen LogP contribution in [0.3, 0.4) is 0 Å². The normalized spacial score (nSPS) is 12.5. The summed E-state index contributed by atoms with van der Waals surface area (Å²) in [5.41, 5.74) is 0.419. The highest BCUT2D eigenvalue weighted by Gasteiger charge is 2.11. The molecule has 0 aliphatic heterocycles. The average Bonchev–Trinajstić information content (AvgIpc) is 1.88. The zero-order chi connectivity index (χ0) is 8.91. The maximum absolute atomic E-state index is 3.56. The van der Waals surface area contributed by atoms with Gasteiger partial charge >= 0.3 is 0 Å². The first-order valence-electron chi connectivity index (χ1n) is 4.73. The van der Waals surface area contributed by atoms with Crippen LogP contribution in [0.15, 0.2) is 0 Å². The largest absolute Gasteiger partial charge is 0.313 e. The number of hydrogen-bond donors (Lipinski definition) is 1. The van der Waals surface area contributed by atoms with Crippen LogP contribution < -0.4 is 5.32 Å². The van der Waals surface area contributed by atoms with E-state index in [0.29, 0.717) is 11.5 Å². The molecular formula is C10H23N. The lowest BCUT2D eigenvalue weighted by Gasteiger charge is -2.23. The molecule has 0 aromatic carbocycles. The predicted molar refractivity (Wildman–Crippen MR) is 51.8 cm³/mol. The first-order valence-corrected chi connectivity index (χ1v) is 4.73. The fraction of sp³-hybridized carbons (Fsp3) is 1.00. The maximum Gasteiger partial charge on any atom is 0.00620 e. The molecular weight excluding hydrogens is 134 g/mol. The Hall–Kier alpha value is -0.0400. The SMILES string of the molecule is CCC(CC)NCC(C)(C)C. The monoisotopic (exact) mass is 157 g/mol. The molecule has 0 rings (SSSR count). The molecule has 0 aliphatic carbocycles. The zero-order valence-corrected chi connectivity index (χ0v) is 8.70. The summed E-state index contributed by atoms with van der Waals surface area (Å²) >= 11 is 0. The van der Waals surface area contributed by atoms with Gasteiger partial charge in [-0.1, -0.05) is 34.6 Å². The molecule has 0 radical (unpaired) electrons. The van der Waals surface area contributed by atoms with Crippen LogP contribution in [0.2, 0.25) is 0 Å². The maximum atomic E-state index is 3.56. The van der Waals surface area contributed by atoms with Gasteiger partial charge in [0.1, 0.15) is 0 Å². The Labute approximate surface area is 71.6 Å². The van der Waals surface area contributed by atoms with Crippen molar-refractivity contribution in [1.82, 2.24) is 5.32 Å². The average molecular weight is 157 g/mol. The Morgan fingerprint density at radius 3 is 1.82 bits per heavy atom. The summed E-state index contributed by atoms with van der Waals surface area (Å²) < 4.78 is 0. The van der Waals surface area contributed by atoms with E-state index in [1.807, 2.05) is 0 Å². The predicted octanol–water partition coefficient (Wildman–Crippen LogP) is 2.81. The molecule has 0 spiro atoms. The smallest absolute Gasteiger partial charge is 0.00620 e. The minimum absolute atomic E-state index is 0.419. The second kappa shape index (κ2) is 4.76. The van der Waals surface area contributed by atoms with E-state index in [4.69, 9.17) is 0 Å². The second-order valence-electron chi connectivity index (χ2n) is 4.45. The summed E-state index contributed by atoms with van der Waals surface area (Å²) in [6, 6.07) is 0.717. The van der Waals surface area contributed by atoms with E-state index < -0.39 is 0 Å². The second-order valence-corrected chi connectivity index (χ2v) is 4.45. The van der Waals surface area contributed by atoms with Gasteiger partial charge in [0, 0.05) is 12.6 Å². The van der Waals surface area contributed by atoms with Crippen molar-refractivity contribution in [3.05, 3.63) is 0 Å². The van der Waals surface area contributed by atoms with E-state index in [2.05, 4.69) is 39.9 Å². The molecule has 0 aliphatic rings. The summed E-state index contributed by atoms with van der Waals surface area (Å²) in [5.74, 6) is 0. The molecule has 1 nitrogen and oxygen atoms in total. The van der Waals surface area contributed by atoms with Crippen LogP contribution in [0.1, 0.15) is 47.5 Å². The Bertz CT molecular complexity index is 87.5. The van der Waals surface area contributed by atoms with Crippen molar-refractivity contribution in [2.24, 2.45) is 5.41 Å².